The van der Waals surface area contributed by atoms with Crippen LogP contribution in [-0.4, -0.2) is 31.4 Å². The second kappa shape index (κ2) is 9.38. The van der Waals surface area contributed by atoms with Crippen LogP contribution in [0, 0.1) is 5.82 Å². The van der Waals surface area contributed by atoms with Crippen LogP contribution >= 0.6 is 15.9 Å². The number of aromatic nitrogens is 4. The summed E-state index contributed by atoms with van der Waals surface area (Å²) in [4.78, 5) is 21.5. The Morgan fingerprint density at radius 1 is 1.18 bits per heavy atom. The van der Waals surface area contributed by atoms with Crippen molar-refractivity contribution in [3.63, 3.8) is 0 Å². The van der Waals surface area contributed by atoms with Gasteiger partial charge in [0.1, 0.15) is 27.8 Å². The molecule has 3 aromatic heterocycles. The minimum Gasteiger partial charge on any atom is -0.480 e. The van der Waals surface area contributed by atoms with E-state index >= 15 is 0 Å². The van der Waals surface area contributed by atoms with Gasteiger partial charge in [0.25, 0.3) is 0 Å². The molecule has 0 spiro atoms. The summed E-state index contributed by atoms with van der Waals surface area (Å²) in [5.74, 6) is -0.0173. The number of pyridine rings is 2. The lowest BCUT2D eigenvalue weighted by atomic mass is 10.2. The molecule has 0 radical (unpaired) electrons. The average Bonchev–Trinajstić information content (AvgIpc) is 3.27. The van der Waals surface area contributed by atoms with Gasteiger partial charge in [0.2, 0.25) is 0 Å². The molecule has 1 aromatic carbocycles. The Hall–Kier alpha value is -3.53. The zero-order valence-corrected chi connectivity index (χ0v) is 20.6. The van der Waals surface area contributed by atoms with E-state index in [0.717, 1.165) is 5.69 Å². The van der Waals surface area contributed by atoms with Gasteiger partial charge in [-0.25, -0.2) is 23.8 Å². The van der Waals surface area contributed by atoms with Gasteiger partial charge in [-0.1, -0.05) is 0 Å². The molecule has 3 heterocycles. The molecule has 4 rings (SSSR count). The minimum absolute atomic E-state index is 0.149. The van der Waals surface area contributed by atoms with Crippen LogP contribution in [0.5, 0.6) is 5.75 Å². The Bertz CT molecular complexity index is 1340. The van der Waals surface area contributed by atoms with Gasteiger partial charge in [-0.05, 0) is 86.1 Å². The quantitative estimate of drug-likeness (QED) is 0.310. The molecule has 1 N–H and O–H groups in total. The summed E-state index contributed by atoms with van der Waals surface area (Å²) in [6.07, 6.45) is 2.21. The van der Waals surface area contributed by atoms with Crippen molar-refractivity contribution in [2.75, 3.05) is 5.32 Å². The van der Waals surface area contributed by atoms with Gasteiger partial charge in [-0.2, -0.15) is 5.10 Å². The molecule has 0 aliphatic rings. The van der Waals surface area contributed by atoms with Crippen molar-refractivity contribution in [1.82, 2.24) is 19.7 Å². The van der Waals surface area contributed by atoms with Gasteiger partial charge in [-0.15, -0.1) is 0 Å². The molecule has 176 valence electrons. The summed E-state index contributed by atoms with van der Waals surface area (Å²) in [6, 6.07) is 11.3. The molecule has 8 nitrogen and oxygen atoms in total. The predicted octanol–water partition coefficient (Wildman–Crippen LogP) is 6.20. The number of nitrogens with zero attached hydrogens (tertiary/aromatic N) is 4. The number of hydrogen-bond donors (Lipinski definition) is 1. The SMILES string of the molecule is C[C@H](Oc1cc2cc(F)ccc2nc1NC(=O)OC(C)(C)C)c1nc(Br)ccc1-n1cccn1. The number of anilines is 1. The highest BCUT2D eigenvalue weighted by Gasteiger charge is 2.22. The molecule has 1 atom stereocenters. The van der Waals surface area contributed by atoms with Crippen molar-refractivity contribution in [3.8, 4) is 11.4 Å². The number of carbonyl (C=O) groups excluding carboxylic acids is 1. The Labute approximate surface area is 204 Å². The Morgan fingerprint density at radius 3 is 2.68 bits per heavy atom. The lowest BCUT2D eigenvalue weighted by Gasteiger charge is -2.22. The lowest BCUT2D eigenvalue weighted by molar-refractivity contribution is 0.0634. The Balaban J connectivity index is 1.73. The molecular weight excluding hydrogens is 505 g/mol. The number of fused-ring (bicyclic) bond motifs is 1. The van der Waals surface area contributed by atoms with E-state index in [9.17, 15) is 9.18 Å². The fourth-order valence-corrected chi connectivity index (χ4v) is 3.62. The highest BCUT2D eigenvalue weighted by Crippen LogP contribution is 2.33. The van der Waals surface area contributed by atoms with E-state index in [-0.39, 0.29) is 11.6 Å². The van der Waals surface area contributed by atoms with Crippen LogP contribution in [0.3, 0.4) is 0 Å². The normalized spacial score (nSPS) is 12.4. The highest BCUT2D eigenvalue weighted by atomic mass is 79.9. The smallest absolute Gasteiger partial charge is 0.413 e. The summed E-state index contributed by atoms with van der Waals surface area (Å²) in [7, 11) is 0. The van der Waals surface area contributed by atoms with Gasteiger partial charge < -0.3 is 9.47 Å². The summed E-state index contributed by atoms with van der Waals surface area (Å²) < 4.78 is 27.8. The van der Waals surface area contributed by atoms with Crippen molar-refractivity contribution in [3.05, 3.63) is 71.0 Å². The standard InChI is InChI=1S/C24H23BrFN5O3/c1-14(21-18(8-9-20(25)29-21)31-11-5-10-27-31)33-19-13-15-12-16(26)6-7-17(15)28-22(19)30-23(32)34-24(2,3)4/h5-14H,1-4H3,(H,28,30,32)/t14-/m0/s1. The van der Waals surface area contributed by atoms with Gasteiger partial charge in [0, 0.05) is 17.8 Å². The first-order chi connectivity index (χ1) is 16.1. The summed E-state index contributed by atoms with van der Waals surface area (Å²) >= 11 is 3.41. The monoisotopic (exact) mass is 527 g/mol. The number of hydrogen-bond acceptors (Lipinski definition) is 6. The molecule has 10 heteroatoms. The second-order valence-corrected chi connectivity index (χ2v) is 9.36. The zero-order valence-electron chi connectivity index (χ0n) is 19.0. The zero-order chi connectivity index (χ0) is 24.5. The van der Waals surface area contributed by atoms with Gasteiger partial charge >= 0.3 is 6.09 Å². The van der Waals surface area contributed by atoms with Crippen LogP contribution in [0.1, 0.15) is 39.5 Å². The highest BCUT2D eigenvalue weighted by molar-refractivity contribution is 9.10. The number of amides is 1. The van der Waals surface area contributed by atoms with E-state index in [2.05, 4.69) is 36.3 Å². The third-order valence-electron chi connectivity index (χ3n) is 4.67. The largest absolute Gasteiger partial charge is 0.480 e. The van der Waals surface area contributed by atoms with Gasteiger partial charge in [-0.3, -0.25) is 5.32 Å². The lowest BCUT2D eigenvalue weighted by Crippen LogP contribution is -2.27. The Kier molecular flexibility index (Phi) is 6.52. The first-order valence-electron chi connectivity index (χ1n) is 10.5. The number of ether oxygens (including phenoxy) is 2. The van der Waals surface area contributed by atoms with E-state index in [0.29, 0.717) is 21.2 Å². The maximum absolute atomic E-state index is 13.9. The summed E-state index contributed by atoms with van der Waals surface area (Å²) in [6.45, 7) is 7.10. The molecule has 0 aliphatic carbocycles. The molecule has 0 unspecified atom stereocenters. The Morgan fingerprint density at radius 2 is 1.97 bits per heavy atom. The van der Waals surface area contributed by atoms with E-state index in [1.165, 1.54) is 18.2 Å². The van der Waals surface area contributed by atoms with Crippen molar-refractivity contribution in [1.29, 1.82) is 0 Å². The van der Waals surface area contributed by atoms with Gasteiger partial charge in [0.15, 0.2) is 11.6 Å². The van der Waals surface area contributed by atoms with Crippen molar-refractivity contribution < 1.29 is 18.7 Å². The third kappa shape index (κ3) is 5.51. The molecule has 0 saturated carbocycles. The van der Waals surface area contributed by atoms with Crippen molar-refractivity contribution >= 4 is 38.7 Å². The van der Waals surface area contributed by atoms with Gasteiger partial charge in [0.05, 0.1) is 11.2 Å². The fourth-order valence-electron chi connectivity index (χ4n) is 3.30. The minimum atomic E-state index is -0.697. The van der Waals surface area contributed by atoms with E-state index in [1.807, 2.05) is 25.1 Å². The van der Waals surface area contributed by atoms with Crippen LogP contribution in [0.2, 0.25) is 0 Å². The summed E-state index contributed by atoms with van der Waals surface area (Å²) in [5, 5.41) is 7.45. The molecule has 4 aromatic rings. The first kappa shape index (κ1) is 23.6. The fraction of sp³-hybridized carbons (Fsp3) is 0.250. The maximum Gasteiger partial charge on any atom is 0.413 e. The molecule has 0 fully saturated rings. The number of benzene rings is 1. The van der Waals surface area contributed by atoms with Crippen molar-refractivity contribution in [2.45, 2.75) is 39.4 Å². The number of nitrogens with one attached hydrogen (secondary N) is 1. The van der Waals surface area contributed by atoms with Crippen LogP contribution in [0.4, 0.5) is 15.0 Å². The van der Waals surface area contributed by atoms with Crippen LogP contribution in [-0.2, 0) is 4.74 Å². The molecular formula is C24H23BrFN5O3. The number of rotatable bonds is 5. The number of carbonyl (C=O) groups is 1. The predicted molar refractivity (Wildman–Crippen MR) is 130 cm³/mol. The average molecular weight is 528 g/mol. The number of halogens is 2. The molecule has 34 heavy (non-hydrogen) atoms. The third-order valence-corrected chi connectivity index (χ3v) is 5.11. The van der Waals surface area contributed by atoms with E-state index in [1.54, 1.807) is 43.9 Å². The second-order valence-electron chi connectivity index (χ2n) is 8.55. The van der Waals surface area contributed by atoms with E-state index in [4.69, 9.17) is 9.47 Å². The van der Waals surface area contributed by atoms with Crippen LogP contribution in [0.25, 0.3) is 16.6 Å². The molecule has 0 saturated heterocycles. The van der Waals surface area contributed by atoms with Crippen LogP contribution < -0.4 is 10.1 Å². The summed E-state index contributed by atoms with van der Waals surface area (Å²) in [5.41, 5.74) is 1.12. The molecule has 0 aliphatic heterocycles. The van der Waals surface area contributed by atoms with Crippen molar-refractivity contribution in [2.24, 2.45) is 0 Å². The topological polar surface area (TPSA) is 91.2 Å². The van der Waals surface area contributed by atoms with Crippen LogP contribution in [0.15, 0.2) is 59.5 Å². The van der Waals surface area contributed by atoms with E-state index < -0.39 is 23.6 Å². The molecule has 0 bridgehead atoms. The maximum atomic E-state index is 13.9. The molecule has 1 amide bonds. The first-order valence-corrected chi connectivity index (χ1v) is 11.3.